The number of ether oxygens (including phenoxy) is 1. The molecule has 2 saturated heterocycles. The van der Waals surface area contributed by atoms with Crippen LogP contribution in [0.2, 0.25) is 0 Å². The van der Waals surface area contributed by atoms with E-state index in [-0.39, 0.29) is 38.1 Å². The predicted molar refractivity (Wildman–Crippen MR) is 300 cm³/mol. The molecule has 2 aliphatic heterocycles. The van der Waals surface area contributed by atoms with E-state index in [2.05, 4.69) is 16.0 Å². The number of hydrogen-bond donors (Lipinski definition) is 3. The molecule has 0 saturated carbocycles. The Kier molecular flexibility index (Phi) is 23.9. The maximum Gasteiger partial charge on any atom is 0.329 e. The molecule has 78 heavy (non-hydrogen) atoms. The fraction of sp³-hybridized carbons (Fsp3) is 0.650. The van der Waals surface area contributed by atoms with Crippen molar-refractivity contribution in [2.24, 2.45) is 35.5 Å². The second-order valence-electron chi connectivity index (χ2n) is 23.3. The van der Waals surface area contributed by atoms with Gasteiger partial charge in [0.15, 0.2) is 6.10 Å². The Labute approximate surface area is 464 Å². The van der Waals surface area contributed by atoms with Crippen LogP contribution in [0.1, 0.15) is 126 Å². The van der Waals surface area contributed by atoms with Gasteiger partial charge in [-0.25, -0.2) is 4.79 Å². The molecular formula is C60H92N8O10. The van der Waals surface area contributed by atoms with Crippen LogP contribution in [0.15, 0.2) is 60.7 Å². The lowest BCUT2D eigenvalue weighted by Gasteiger charge is -2.38. The lowest BCUT2D eigenvalue weighted by molar-refractivity contribution is -0.172. The topological polar surface area (TPSA) is 215 Å². The van der Waals surface area contributed by atoms with Crippen LogP contribution >= 0.6 is 0 Å². The van der Waals surface area contributed by atoms with Gasteiger partial charge in [0.05, 0.1) is 0 Å². The highest BCUT2D eigenvalue weighted by atomic mass is 16.6. The second kappa shape index (κ2) is 29.0. The van der Waals surface area contributed by atoms with Gasteiger partial charge in [-0.05, 0) is 66.4 Å². The number of amides is 8. The summed E-state index contributed by atoms with van der Waals surface area (Å²) >= 11 is 0. The van der Waals surface area contributed by atoms with E-state index in [1.807, 2.05) is 95.3 Å². The monoisotopic (exact) mass is 1080 g/mol. The molecular weight excluding hydrogens is 993 g/mol. The summed E-state index contributed by atoms with van der Waals surface area (Å²) in [5.41, 5.74) is 1.46. The van der Waals surface area contributed by atoms with Crippen molar-refractivity contribution in [2.75, 3.05) is 34.7 Å². The van der Waals surface area contributed by atoms with E-state index in [1.165, 1.54) is 52.7 Å². The number of hydrogen-bond acceptors (Lipinski definition) is 10. The number of carbonyl (C=O) groups is 9. The first-order valence-electron chi connectivity index (χ1n) is 28.2. The predicted octanol–water partition coefficient (Wildman–Crippen LogP) is 5.26. The van der Waals surface area contributed by atoms with E-state index >= 15 is 9.59 Å². The Hall–Kier alpha value is -6.33. The zero-order valence-corrected chi connectivity index (χ0v) is 49.4. The minimum atomic E-state index is -1.40. The molecule has 18 nitrogen and oxygen atoms in total. The molecule has 2 aliphatic rings. The lowest BCUT2D eigenvalue weighted by atomic mass is 9.94. The number of nitrogens with one attached hydrogen (secondary N) is 3. The van der Waals surface area contributed by atoms with Crippen LogP contribution in [-0.2, 0) is 60.7 Å². The summed E-state index contributed by atoms with van der Waals surface area (Å²) in [7, 11) is 5.92. The van der Waals surface area contributed by atoms with Gasteiger partial charge in [-0.2, -0.15) is 0 Å². The molecule has 3 N–H and O–H groups in total. The Morgan fingerprint density at radius 3 is 1.46 bits per heavy atom. The van der Waals surface area contributed by atoms with Crippen LogP contribution in [0, 0.1) is 35.5 Å². The van der Waals surface area contributed by atoms with Crippen molar-refractivity contribution in [3.05, 3.63) is 71.8 Å². The third-order valence-electron chi connectivity index (χ3n) is 15.8. The number of rotatable bonds is 13. The van der Waals surface area contributed by atoms with Crippen molar-refractivity contribution in [3.63, 3.8) is 0 Å². The van der Waals surface area contributed by atoms with E-state index in [9.17, 15) is 33.6 Å². The SMILES string of the molecule is CCC(C)[C@H]1OC(=O)[C@H](C(C)C)N(C)C(=O)[C@H](CC(C)C)NC(=O)[C@H](C(C)C)N(C)C(=O)[C@H]([C@H](C)CC)NC(=O)[C@@H]2CCCN2C(=O)[C@H](Cc2ccccc2)N(C)C(=O)[C@H](Cc2ccccc2)NC(=O)[C@H](C(C)C)N(C)C1=O. The maximum absolute atomic E-state index is 15.3. The molecule has 0 aromatic heterocycles. The highest BCUT2D eigenvalue weighted by Crippen LogP contribution is 2.27. The summed E-state index contributed by atoms with van der Waals surface area (Å²) in [4.78, 5) is 141. The number of fused-ring (bicyclic) bond motifs is 1. The van der Waals surface area contributed by atoms with E-state index in [0.29, 0.717) is 24.8 Å². The number of cyclic esters (lactones) is 1. The van der Waals surface area contributed by atoms with E-state index in [0.717, 1.165) is 5.56 Å². The first-order valence-corrected chi connectivity index (χ1v) is 28.2. The number of benzene rings is 2. The highest BCUT2D eigenvalue weighted by Gasteiger charge is 2.46. The Morgan fingerprint density at radius 1 is 0.513 bits per heavy atom. The van der Waals surface area contributed by atoms with Crippen molar-refractivity contribution in [1.29, 1.82) is 0 Å². The van der Waals surface area contributed by atoms with Gasteiger partial charge in [-0.1, -0.05) is 150 Å². The first-order chi connectivity index (χ1) is 36.7. The molecule has 4 rings (SSSR count). The molecule has 0 aliphatic carbocycles. The molecule has 2 aromatic rings. The normalized spacial score (nSPS) is 26.5. The van der Waals surface area contributed by atoms with Crippen molar-refractivity contribution in [1.82, 2.24) is 40.4 Å². The van der Waals surface area contributed by atoms with Crippen LogP contribution in [0.3, 0.4) is 0 Å². The highest BCUT2D eigenvalue weighted by molar-refractivity contribution is 5.99. The van der Waals surface area contributed by atoms with Crippen molar-refractivity contribution in [3.8, 4) is 0 Å². The molecule has 432 valence electrons. The summed E-state index contributed by atoms with van der Waals surface area (Å²) in [5.74, 6) is -8.18. The minimum absolute atomic E-state index is 0.0193. The zero-order valence-electron chi connectivity index (χ0n) is 49.4. The van der Waals surface area contributed by atoms with Gasteiger partial charge in [0, 0.05) is 53.5 Å². The molecule has 8 amide bonds. The first kappa shape index (κ1) is 64.2. The van der Waals surface area contributed by atoms with Crippen molar-refractivity contribution >= 4 is 53.2 Å². The number of esters is 1. The fourth-order valence-electron chi connectivity index (χ4n) is 10.9. The molecule has 2 heterocycles. The van der Waals surface area contributed by atoms with Crippen LogP contribution < -0.4 is 16.0 Å². The molecule has 2 aromatic carbocycles. The van der Waals surface area contributed by atoms with E-state index < -0.39 is 137 Å². The molecule has 0 bridgehead atoms. The summed E-state index contributed by atoms with van der Waals surface area (Å²) in [5, 5.41) is 8.90. The lowest BCUT2D eigenvalue weighted by Crippen LogP contribution is -2.62. The third-order valence-corrected chi connectivity index (χ3v) is 15.8. The van der Waals surface area contributed by atoms with Gasteiger partial charge in [0.2, 0.25) is 41.4 Å². The summed E-state index contributed by atoms with van der Waals surface area (Å²) in [6.07, 6.45) is 0.484. The molecule has 1 unspecified atom stereocenters. The van der Waals surface area contributed by atoms with Gasteiger partial charge >= 0.3 is 5.97 Å². The quantitative estimate of drug-likeness (QED) is 0.222. The zero-order chi connectivity index (χ0) is 58.5. The number of nitrogens with zero attached hydrogens (tertiary/aromatic N) is 5. The van der Waals surface area contributed by atoms with Crippen molar-refractivity contribution < 1.29 is 47.9 Å². The Bertz CT molecular complexity index is 2380. The van der Waals surface area contributed by atoms with E-state index in [1.54, 1.807) is 48.5 Å². The van der Waals surface area contributed by atoms with Crippen LogP contribution in [0.5, 0.6) is 0 Å². The third kappa shape index (κ3) is 15.9. The molecule has 0 radical (unpaired) electrons. The van der Waals surface area contributed by atoms with Crippen LogP contribution in [-0.4, -0.2) is 167 Å². The van der Waals surface area contributed by atoms with Gasteiger partial charge in [0.1, 0.15) is 48.3 Å². The van der Waals surface area contributed by atoms with Gasteiger partial charge in [0.25, 0.3) is 5.91 Å². The second-order valence-corrected chi connectivity index (χ2v) is 23.3. The fourth-order valence-corrected chi connectivity index (χ4v) is 10.9. The number of carbonyl (C=O) groups excluding carboxylic acids is 9. The molecule has 11 atom stereocenters. The maximum atomic E-state index is 15.3. The standard InChI is InChI=1S/C60H92N8O10/c1-17-39(11)47-58(75)65(14)48(36(5)6)53(70)61-43(32-35(3)4)56(73)67(16)50(38(9)10)60(77)78-51(40(12)18-2)59(76)66(15)49(37(7)8)54(71)62-44(33-41-26-21-19-22-27-41)55(72)64(13)46(34-42-28-23-20-24-29-42)57(74)68-31-25-30-45(68)52(69)63-47/h19-24,26-29,35-40,43-51H,17-18,25,30-34H2,1-16H3,(H,61,70)(H,62,71)(H,63,69)/t39-,40?,43+,44+,45+,46+,47+,48+,49+,50+,51-/m1/s1. The largest absolute Gasteiger partial charge is 0.450 e. The minimum Gasteiger partial charge on any atom is -0.450 e. The number of likely N-dealkylation sites (N-methyl/N-ethyl adjacent to an activating group) is 4. The molecule has 18 heteroatoms. The summed E-state index contributed by atoms with van der Waals surface area (Å²) < 4.78 is 6.19. The van der Waals surface area contributed by atoms with E-state index in [4.69, 9.17) is 4.74 Å². The Morgan fingerprint density at radius 2 is 0.974 bits per heavy atom. The van der Waals surface area contributed by atoms with Crippen molar-refractivity contribution in [2.45, 2.75) is 182 Å². The van der Waals surface area contributed by atoms with Crippen LogP contribution in [0.25, 0.3) is 0 Å². The average Bonchev–Trinajstić information content (AvgIpc) is 3.92. The van der Waals surface area contributed by atoms with Gasteiger partial charge in [-0.3, -0.25) is 38.4 Å². The summed E-state index contributed by atoms with van der Waals surface area (Å²) in [6.45, 7) is 21.9. The Balaban J connectivity index is 1.96. The summed E-state index contributed by atoms with van der Waals surface area (Å²) in [6, 6.07) is 9.08. The van der Waals surface area contributed by atoms with Gasteiger partial charge < -0.3 is 45.2 Å². The molecule has 0 spiro atoms. The van der Waals surface area contributed by atoms with Gasteiger partial charge in [-0.15, -0.1) is 0 Å². The van der Waals surface area contributed by atoms with Crippen LogP contribution in [0.4, 0.5) is 0 Å². The molecule has 2 fully saturated rings. The average molecular weight is 1090 g/mol. The smallest absolute Gasteiger partial charge is 0.329 e.